The van der Waals surface area contributed by atoms with Gasteiger partial charge < -0.3 is 9.15 Å². The molecule has 1 aromatic carbocycles. The van der Waals surface area contributed by atoms with Gasteiger partial charge in [-0.25, -0.2) is 0 Å². The lowest BCUT2D eigenvalue weighted by Gasteiger charge is -2.27. The number of fused-ring (bicyclic) bond motifs is 1. The number of carbonyl (C=O) groups is 1. The predicted octanol–water partition coefficient (Wildman–Crippen LogP) is 1.72. The van der Waals surface area contributed by atoms with Crippen molar-refractivity contribution < 1.29 is 13.9 Å². The number of thioether (sulfide) groups is 1. The lowest BCUT2D eigenvalue weighted by Crippen LogP contribution is -2.38. The van der Waals surface area contributed by atoms with E-state index in [0.717, 1.165) is 0 Å². The molecule has 0 N–H and O–H groups in total. The number of aromatic nitrogens is 2. The Balaban J connectivity index is 1.79. The number of terminal acetylenes is 1. The molecule has 0 spiro atoms. The van der Waals surface area contributed by atoms with Crippen molar-refractivity contribution in [1.29, 1.82) is 0 Å². The normalized spacial score (nSPS) is 13.5. The van der Waals surface area contributed by atoms with Crippen molar-refractivity contribution in [3.8, 4) is 18.1 Å². The Kier molecular flexibility index (Phi) is 3.79. The van der Waals surface area contributed by atoms with Crippen molar-refractivity contribution in [3.05, 3.63) is 30.2 Å². The molecule has 1 aliphatic heterocycles. The molecule has 6 nitrogen and oxygen atoms in total. The van der Waals surface area contributed by atoms with Gasteiger partial charge >= 0.3 is 0 Å². The molecule has 0 saturated carbocycles. The molecular formula is C14H11N3O3S. The third kappa shape index (κ3) is 2.85. The summed E-state index contributed by atoms with van der Waals surface area (Å²) in [6.45, 7) is 0.215. The van der Waals surface area contributed by atoms with Crippen LogP contribution in [0.4, 0.5) is 5.69 Å². The molecule has 0 radical (unpaired) electrons. The molecule has 0 fully saturated rings. The third-order valence-electron chi connectivity index (χ3n) is 2.83. The van der Waals surface area contributed by atoms with E-state index < -0.39 is 0 Å². The second-order valence-electron chi connectivity index (χ2n) is 4.19. The molecule has 1 aliphatic rings. The van der Waals surface area contributed by atoms with E-state index in [2.05, 4.69) is 16.1 Å². The van der Waals surface area contributed by atoms with Crippen LogP contribution < -0.4 is 9.64 Å². The highest BCUT2D eigenvalue weighted by molar-refractivity contribution is 7.99. The number of hydrogen-bond acceptors (Lipinski definition) is 6. The molecule has 7 heteroatoms. The van der Waals surface area contributed by atoms with Gasteiger partial charge in [0, 0.05) is 0 Å². The topological polar surface area (TPSA) is 68.5 Å². The summed E-state index contributed by atoms with van der Waals surface area (Å²) in [7, 11) is 0. The monoisotopic (exact) mass is 301 g/mol. The first-order valence-electron chi connectivity index (χ1n) is 6.19. The summed E-state index contributed by atoms with van der Waals surface area (Å²) < 4.78 is 10.8. The summed E-state index contributed by atoms with van der Waals surface area (Å²) in [5.74, 6) is 3.82. The fraction of sp³-hybridized carbons (Fsp3) is 0.214. The van der Waals surface area contributed by atoms with E-state index in [9.17, 15) is 4.79 Å². The van der Waals surface area contributed by atoms with Crippen molar-refractivity contribution in [1.82, 2.24) is 10.2 Å². The first-order chi connectivity index (χ1) is 10.3. The summed E-state index contributed by atoms with van der Waals surface area (Å²) >= 11 is 1.29. The van der Waals surface area contributed by atoms with Gasteiger partial charge in [0.1, 0.15) is 12.3 Å². The highest BCUT2D eigenvalue weighted by Crippen LogP contribution is 2.32. The third-order valence-corrected chi connectivity index (χ3v) is 3.55. The zero-order chi connectivity index (χ0) is 14.7. The molecule has 0 atom stereocenters. The standard InChI is InChI=1S/C14H11N3O3S/c1-2-7-21-14-16-15-12(20-14)8-17-10-5-3-4-6-11(10)19-9-13(17)18/h1,3-6H,7-9H2. The number of rotatable bonds is 4. The zero-order valence-corrected chi connectivity index (χ0v) is 11.8. The van der Waals surface area contributed by atoms with E-state index in [1.165, 1.54) is 11.8 Å². The van der Waals surface area contributed by atoms with E-state index in [-0.39, 0.29) is 19.1 Å². The van der Waals surface area contributed by atoms with Gasteiger partial charge in [0.25, 0.3) is 11.1 Å². The van der Waals surface area contributed by atoms with Crippen LogP contribution in [0.5, 0.6) is 5.75 Å². The molecule has 1 aromatic heterocycles. The summed E-state index contributed by atoms with van der Waals surface area (Å²) in [6, 6.07) is 7.33. The zero-order valence-electron chi connectivity index (χ0n) is 11.0. The fourth-order valence-electron chi connectivity index (χ4n) is 1.93. The van der Waals surface area contributed by atoms with Gasteiger partial charge in [-0.05, 0) is 12.1 Å². The van der Waals surface area contributed by atoms with Crippen molar-refractivity contribution in [3.63, 3.8) is 0 Å². The molecular weight excluding hydrogens is 290 g/mol. The average Bonchev–Trinajstić information content (AvgIpc) is 2.96. The predicted molar refractivity (Wildman–Crippen MR) is 77.0 cm³/mol. The minimum Gasteiger partial charge on any atom is -0.482 e. The van der Waals surface area contributed by atoms with E-state index >= 15 is 0 Å². The SMILES string of the molecule is C#CCSc1nnc(CN2C(=O)COc3ccccc32)o1. The number of carbonyl (C=O) groups excluding carboxylic acids is 1. The van der Waals surface area contributed by atoms with Gasteiger partial charge in [-0.2, -0.15) is 0 Å². The number of amides is 1. The maximum atomic E-state index is 12.0. The van der Waals surface area contributed by atoms with Crippen LogP contribution >= 0.6 is 11.8 Å². The van der Waals surface area contributed by atoms with Gasteiger partial charge in [0.15, 0.2) is 6.61 Å². The van der Waals surface area contributed by atoms with Crippen LogP contribution in [0.25, 0.3) is 0 Å². The van der Waals surface area contributed by atoms with Crippen LogP contribution in [0.15, 0.2) is 33.9 Å². The van der Waals surface area contributed by atoms with Crippen molar-refractivity contribution in [2.24, 2.45) is 0 Å². The quantitative estimate of drug-likeness (QED) is 0.632. The molecule has 3 rings (SSSR count). The summed E-state index contributed by atoms with van der Waals surface area (Å²) in [6.07, 6.45) is 5.18. The fourth-order valence-corrected chi connectivity index (χ4v) is 2.39. The molecule has 106 valence electrons. The highest BCUT2D eigenvalue weighted by Gasteiger charge is 2.26. The molecule has 1 amide bonds. The number of ether oxygens (including phenoxy) is 1. The number of benzene rings is 1. The molecule has 0 bridgehead atoms. The Morgan fingerprint density at radius 2 is 2.24 bits per heavy atom. The van der Waals surface area contributed by atoms with Gasteiger partial charge in [-0.3, -0.25) is 9.69 Å². The molecule has 2 heterocycles. The van der Waals surface area contributed by atoms with Gasteiger partial charge in [0.05, 0.1) is 11.4 Å². The Morgan fingerprint density at radius 1 is 1.38 bits per heavy atom. The van der Waals surface area contributed by atoms with Gasteiger partial charge in [0.2, 0.25) is 5.89 Å². The molecule has 2 aromatic rings. The average molecular weight is 301 g/mol. The van der Waals surface area contributed by atoms with Crippen LogP contribution in [-0.2, 0) is 11.3 Å². The number of para-hydroxylation sites is 2. The molecule has 21 heavy (non-hydrogen) atoms. The highest BCUT2D eigenvalue weighted by atomic mass is 32.2. The Bertz CT molecular complexity index is 707. The first kappa shape index (κ1) is 13.5. The second kappa shape index (κ2) is 5.89. The summed E-state index contributed by atoms with van der Waals surface area (Å²) in [5.41, 5.74) is 0.699. The minimum atomic E-state index is -0.148. The van der Waals surface area contributed by atoms with Crippen LogP contribution in [0.3, 0.4) is 0 Å². The molecule has 0 aliphatic carbocycles. The summed E-state index contributed by atoms with van der Waals surface area (Å²) in [4.78, 5) is 13.6. The minimum absolute atomic E-state index is 0.00382. The maximum absolute atomic E-state index is 12.0. The molecule has 0 saturated heterocycles. The van der Waals surface area contributed by atoms with Crippen LogP contribution in [0, 0.1) is 12.3 Å². The van der Waals surface area contributed by atoms with Crippen molar-refractivity contribution in [2.45, 2.75) is 11.8 Å². The van der Waals surface area contributed by atoms with E-state index in [1.807, 2.05) is 24.3 Å². The summed E-state index contributed by atoms with van der Waals surface area (Å²) in [5, 5.41) is 8.21. The Labute approximate surface area is 125 Å². The lowest BCUT2D eigenvalue weighted by atomic mass is 10.2. The first-order valence-corrected chi connectivity index (χ1v) is 7.17. The Hall–Kier alpha value is -2.46. The molecule has 0 unspecified atom stereocenters. The van der Waals surface area contributed by atoms with Crippen LogP contribution in [0.1, 0.15) is 5.89 Å². The largest absolute Gasteiger partial charge is 0.482 e. The van der Waals surface area contributed by atoms with Gasteiger partial charge in [-0.15, -0.1) is 16.6 Å². The number of anilines is 1. The number of hydrogen-bond donors (Lipinski definition) is 0. The van der Waals surface area contributed by atoms with Gasteiger partial charge in [-0.1, -0.05) is 29.8 Å². The van der Waals surface area contributed by atoms with E-state index in [1.54, 1.807) is 4.90 Å². The van der Waals surface area contributed by atoms with Crippen molar-refractivity contribution in [2.75, 3.05) is 17.3 Å². The number of nitrogens with zero attached hydrogens (tertiary/aromatic N) is 3. The maximum Gasteiger partial charge on any atom is 0.277 e. The van der Waals surface area contributed by atoms with E-state index in [4.69, 9.17) is 15.6 Å². The van der Waals surface area contributed by atoms with Crippen molar-refractivity contribution >= 4 is 23.4 Å². The lowest BCUT2D eigenvalue weighted by molar-refractivity contribution is -0.121. The Morgan fingerprint density at radius 3 is 3.10 bits per heavy atom. The second-order valence-corrected chi connectivity index (χ2v) is 5.12. The van der Waals surface area contributed by atoms with E-state index in [0.29, 0.717) is 28.3 Å². The van der Waals surface area contributed by atoms with Crippen LogP contribution in [-0.4, -0.2) is 28.5 Å². The van der Waals surface area contributed by atoms with Crippen LogP contribution in [0.2, 0.25) is 0 Å². The smallest absolute Gasteiger partial charge is 0.277 e.